The molecule has 17 heavy (non-hydrogen) atoms. The molecule has 1 aromatic rings. The number of hydrogen-bond donors (Lipinski definition) is 0. The summed E-state index contributed by atoms with van der Waals surface area (Å²) in [6.45, 7) is 0.577. The molecule has 0 bridgehead atoms. The van der Waals surface area contributed by atoms with Gasteiger partial charge in [0, 0.05) is 12.5 Å². The van der Waals surface area contributed by atoms with E-state index in [1.807, 2.05) is 0 Å². The fraction of sp³-hybridized carbons (Fsp3) is 0.300. The van der Waals surface area contributed by atoms with E-state index in [0.717, 1.165) is 6.07 Å². The van der Waals surface area contributed by atoms with Crippen LogP contribution in [0.4, 0.5) is 22.0 Å². The SMILES string of the molecule is CC(F)(F)c1ccc(OC(F)(F)F)c(C#N)c1. The fourth-order valence-electron chi connectivity index (χ4n) is 1.10. The van der Waals surface area contributed by atoms with Crippen LogP contribution >= 0.6 is 0 Å². The molecule has 0 aliphatic carbocycles. The van der Waals surface area contributed by atoms with Crippen LogP contribution in [0.1, 0.15) is 18.1 Å². The van der Waals surface area contributed by atoms with Crippen molar-refractivity contribution in [1.29, 1.82) is 5.26 Å². The van der Waals surface area contributed by atoms with Gasteiger partial charge in [0.15, 0.2) is 0 Å². The molecular weight excluding hydrogens is 245 g/mol. The number of alkyl halides is 5. The van der Waals surface area contributed by atoms with Gasteiger partial charge in [0.05, 0.1) is 5.56 Å². The van der Waals surface area contributed by atoms with Crippen molar-refractivity contribution in [2.24, 2.45) is 0 Å². The number of nitriles is 1. The van der Waals surface area contributed by atoms with Crippen molar-refractivity contribution in [3.63, 3.8) is 0 Å². The number of halogens is 5. The molecule has 7 heteroatoms. The summed E-state index contributed by atoms with van der Waals surface area (Å²) in [5, 5.41) is 8.56. The zero-order chi connectivity index (χ0) is 13.3. The lowest BCUT2D eigenvalue weighted by Gasteiger charge is -2.14. The van der Waals surface area contributed by atoms with Crippen LogP contribution in [0.2, 0.25) is 0 Å². The number of ether oxygens (including phenoxy) is 1. The molecule has 0 unspecified atom stereocenters. The third-order valence-electron chi connectivity index (χ3n) is 1.83. The summed E-state index contributed by atoms with van der Waals surface area (Å²) in [6, 6.07) is 3.51. The van der Waals surface area contributed by atoms with Crippen LogP contribution in [0.3, 0.4) is 0 Å². The molecule has 0 spiro atoms. The van der Waals surface area contributed by atoms with E-state index in [4.69, 9.17) is 5.26 Å². The van der Waals surface area contributed by atoms with Crippen molar-refractivity contribution >= 4 is 0 Å². The predicted octanol–water partition coefficient (Wildman–Crippen LogP) is 3.57. The first-order valence-electron chi connectivity index (χ1n) is 4.31. The first-order chi connectivity index (χ1) is 7.63. The van der Waals surface area contributed by atoms with Gasteiger partial charge in [-0.3, -0.25) is 0 Å². The zero-order valence-corrected chi connectivity index (χ0v) is 8.48. The average molecular weight is 251 g/mol. The normalized spacial score (nSPS) is 12.1. The van der Waals surface area contributed by atoms with Gasteiger partial charge in [-0.2, -0.15) is 5.26 Å². The average Bonchev–Trinajstić information content (AvgIpc) is 2.14. The molecular formula is C10H6F5NO. The summed E-state index contributed by atoms with van der Waals surface area (Å²) in [5.74, 6) is -4.03. The number of nitrogens with zero attached hydrogens (tertiary/aromatic N) is 1. The Bertz CT molecular complexity index is 455. The summed E-state index contributed by atoms with van der Waals surface area (Å²) in [4.78, 5) is 0. The molecule has 0 radical (unpaired) electrons. The summed E-state index contributed by atoms with van der Waals surface area (Å²) < 4.78 is 65.0. The van der Waals surface area contributed by atoms with Crippen molar-refractivity contribution in [3.8, 4) is 11.8 Å². The van der Waals surface area contributed by atoms with Gasteiger partial charge in [-0.25, -0.2) is 8.78 Å². The highest BCUT2D eigenvalue weighted by Gasteiger charge is 2.33. The maximum Gasteiger partial charge on any atom is 0.573 e. The van der Waals surface area contributed by atoms with Crippen LogP contribution in [-0.2, 0) is 5.92 Å². The second-order valence-corrected chi connectivity index (χ2v) is 3.26. The van der Waals surface area contributed by atoms with Crippen LogP contribution < -0.4 is 4.74 Å². The zero-order valence-electron chi connectivity index (χ0n) is 8.48. The minimum atomic E-state index is -4.97. The quantitative estimate of drug-likeness (QED) is 0.753. The van der Waals surface area contributed by atoms with Gasteiger partial charge >= 0.3 is 6.36 Å². The van der Waals surface area contributed by atoms with E-state index < -0.39 is 29.2 Å². The van der Waals surface area contributed by atoms with Crippen LogP contribution in [-0.4, -0.2) is 6.36 Å². The lowest BCUT2D eigenvalue weighted by molar-refractivity contribution is -0.274. The molecule has 0 amide bonds. The Labute approximate surface area is 93.2 Å². The van der Waals surface area contributed by atoms with E-state index >= 15 is 0 Å². The van der Waals surface area contributed by atoms with E-state index in [2.05, 4.69) is 4.74 Å². The standard InChI is InChI=1S/C10H6F5NO/c1-9(11,12)7-2-3-8(6(4-7)5-16)17-10(13,14)15/h2-4H,1H3. The highest BCUT2D eigenvalue weighted by atomic mass is 19.4. The highest BCUT2D eigenvalue weighted by Crippen LogP contribution is 2.32. The second kappa shape index (κ2) is 4.20. The molecule has 0 heterocycles. The lowest BCUT2D eigenvalue weighted by atomic mass is 10.1. The summed E-state index contributed by atoms with van der Waals surface area (Å²) >= 11 is 0. The van der Waals surface area contributed by atoms with Crippen LogP contribution in [0.5, 0.6) is 5.75 Å². The number of hydrogen-bond acceptors (Lipinski definition) is 2. The largest absolute Gasteiger partial charge is 0.573 e. The molecule has 0 N–H and O–H groups in total. The fourth-order valence-corrected chi connectivity index (χ4v) is 1.10. The van der Waals surface area contributed by atoms with Gasteiger partial charge in [-0.1, -0.05) is 0 Å². The molecule has 0 aliphatic heterocycles. The van der Waals surface area contributed by atoms with Gasteiger partial charge in [0.2, 0.25) is 0 Å². The molecule has 0 saturated heterocycles. The van der Waals surface area contributed by atoms with Gasteiger partial charge in [0.1, 0.15) is 11.8 Å². The molecule has 1 aromatic carbocycles. The summed E-state index contributed by atoms with van der Waals surface area (Å²) in [7, 11) is 0. The first kappa shape index (κ1) is 13.2. The lowest BCUT2D eigenvalue weighted by Crippen LogP contribution is -2.18. The highest BCUT2D eigenvalue weighted by molar-refractivity contribution is 5.46. The van der Waals surface area contributed by atoms with E-state index in [9.17, 15) is 22.0 Å². The molecule has 0 saturated carbocycles. The maximum atomic E-state index is 12.9. The molecule has 0 fully saturated rings. The molecule has 1 rings (SSSR count). The minimum absolute atomic E-state index is 0.552. The molecule has 92 valence electrons. The monoisotopic (exact) mass is 251 g/mol. The van der Waals surface area contributed by atoms with Gasteiger partial charge in [-0.05, 0) is 18.2 Å². The Kier molecular flexibility index (Phi) is 3.27. The van der Waals surface area contributed by atoms with Crippen LogP contribution in [0.15, 0.2) is 18.2 Å². The van der Waals surface area contributed by atoms with Gasteiger partial charge in [-0.15, -0.1) is 13.2 Å². The molecule has 0 aromatic heterocycles. The van der Waals surface area contributed by atoms with Crippen LogP contribution in [0.25, 0.3) is 0 Å². The second-order valence-electron chi connectivity index (χ2n) is 3.26. The van der Waals surface area contributed by atoms with Crippen molar-refractivity contribution in [3.05, 3.63) is 29.3 Å². The molecule has 2 nitrogen and oxygen atoms in total. The third kappa shape index (κ3) is 3.59. The Hall–Kier alpha value is -1.84. The van der Waals surface area contributed by atoms with Crippen molar-refractivity contribution < 1.29 is 26.7 Å². The Balaban J connectivity index is 3.16. The Morgan fingerprint density at radius 3 is 2.18 bits per heavy atom. The van der Waals surface area contributed by atoms with Gasteiger partial charge < -0.3 is 4.74 Å². The smallest absolute Gasteiger partial charge is 0.404 e. The number of benzene rings is 1. The number of rotatable bonds is 2. The van der Waals surface area contributed by atoms with Crippen molar-refractivity contribution in [1.82, 2.24) is 0 Å². The minimum Gasteiger partial charge on any atom is -0.404 e. The van der Waals surface area contributed by atoms with Crippen molar-refractivity contribution in [2.75, 3.05) is 0 Å². The van der Waals surface area contributed by atoms with E-state index in [1.54, 1.807) is 0 Å². The van der Waals surface area contributed by atoms with Crippen molar-refractivity contribution in [2.45, 2.75) is 19.2 Å². The summed E-state index contributed by atoms with van der Waals surface area (Å²) in [6.07, 6.45) is -4.97. The Morgan fingerprint density at radius 1 is 1.18 bits per heavy atom. The predicted molar refractivity (Wildman–Crippen MR) is 47.4 cm³/mol. The first-order valence-corrected chi connectivity index (χ1v) is 4.31. The maximum absolute atomic E-state index is 12.9. The molecule has 0 atom stereocenters. The van der Waals surface area contributed by atoms with Crippen LogP contribution in [0, 0.1) is 11.3 Å². The van der Waals surface area contributed by atoms with Gasteiger partial charge in [0.25, 0.3) is 5.92 Å². The van der Waals surface area contributed by atoms with E-state index in [1.165, 1.54) is 6.07 Å². The third-order valence-corrected chi connectivity index (χ3v) is 1.83. The Morgan fingerprint density at radius 2 is 1.76 bits per heavy atom. The topological polar surface area (TPSA) is 33.0 Å². The van der Waals surface area contributed by atoms with E-state index in [0.29, 0.717) is 19.1 Å². The van der Waals surface area contributed by atoms with E-state index in [-0.39, 0.29) is 0 Å². The summed E-state index contributed by atoms with van der Waals surface area (Å²) in [5.41, 5.74) is -1.15. The molecule has 0 aliphatic rings.